The molecule has 1 heterocycles. The first-order valence-electron chi connectivity index (χ1n) is 5.16. The highest BCUT2D eigenvalue weighted by molar-refractivity contribution is 5.88. The van der Waals surface area contributed by atoms with E-state index in [1.165, 1.54) is 18.3 Å². The van der Waals surface area contributed by atoms with Crippen molar-refractivity contribution in [1.82, 2.24) is 9.97 Å². The van der Waals surface area contributed by atoms with Crippen molar-refractivity contribution in [2.45, 2.75) is 6.92 Å². The number of aryl methyl sites for hydroxylation is 1. The minimum Gasteiger partial charge on any atom is -0.478 e. The smallest absolute Gasteiger partial charge is 0.339 e. The van der Waals surface area contributed by atoms with E-state index in [1.807, 2.05) is 0 Å². The Morgan fingerprint density at radius 3 is 2.83 bits per heavy atom. The van der Waals surface area contributed by atoms with Gasteiger partial charge in [-0.25, -0.2) is 19.2 Å². The Hall–Kier alpha value is -2.50. The van der Waals surface area contributed by atoms with Crippen molar-refractivity contribution in [1.29, 1.82) is 0 Å². The Balaban J connectivity index is 2.25. The number of nitrogens with one attached hydrogen (secondary N) is 1. The van der Waals surface area contributed by atoms with Gasteiger partial charge in [0.2, 0.25) is 5.95 Å². The number of rotatable bonds is 3. The minimum absolute atomic E-state index is 0.0415. The molecule has 0 saturated heterocycles. The Bertz CT molecular complexity index is 602. The predicted molar refractivity (Wildman–Crippen MR) is 63.4 cm³/mol. The quantitative estimate of drug-likeness (QED) is 0.870. The van der Waals surface area contributed by atoms with Crippen LogP contribution in [0.3, 0.4) is 0 Å². The predicted octanol–water partition coefficient (Wildman–Crippen LogP) is 2.37. The van der Waals surface area contributed by atoms with Gasteiger partial charge >= 0.3 is 5.97 Å². The van der Waals surface area contributed by atoms with E-state index < -0.39 is 5.97 Å². The number of anilines is 2. The first kappa shape index (κ1) is 12.0. The van der Waals surface area contributed by atoms with Gasteiger partial charge in [0.05, 0.1) is 11.3 Å². The normalized spacial score (nSPS) is 10.1. The second-order valence-corrected chi connectivity index (χ2v) is 3.63. The van der Waals surface area contributed by atoms with Crippen molar-refractivity contribution >= 4 is 17.6 Å². The van der Waals surface area contributed by atoms with Crippen LogP contribution in [0.5, 0.6) is 0 Å². The van der Waals surface area contributed by atoms with Crippen LogP contribution < -0.4 is 5.32 Å². The molecule has 0 amide bonds. The van der Waals surface area contributed by atoms with E-state index in [1.54, 1.807) is 19.1 Å². The standard InChI is InChI=1S/C12H10FN3O2/c1-7-10(11(17)18)6-14-12(15-7)16-9-4-2-3-8(13)5-9/h2-6H,1H3,(H,17,18)(H,14,15,16). The average Bonchev–Trinajstić information content (AvgIpc) is 2.28. The van der Waals surface area contributed by atoms with Gasteiger partial charge in [0.25, 0.3) is 0 Å². The number of carbonyl (C=O) groups is 1. The van der Waals surface area contributed by atoms with Crippen LogP contribution in [-0.4, -0.2) is 21.0 Å². The molecule has 1 aromatic carbocycles. The molecule has 0 fully saturated rings. The summed E-state index contributed by atoms with van der Waals surface area (Å²) in [6.07, 6.45) is 1.21. The second-order valence-electron chi connectivity index (χ2n) is 3.63. The van der Waals surface area contributed by atoms with Crippen LogP contribution in [0.25, 0.3) is 0 Å². The molecule has 0 bridgehead atoms. The topological polar surface area (TPSA) is 75.1 Å². The summed E-state index contributed by atoms with van der Waals surface area (Å²) >= 11 is 0. The largest absolute Gasteiger partial charge is 0.478 e. The number of carboxylic acids is 1. The molecule has 0 aliphatic heterocycles. The number of hydrogen-bond donors (Lipinski definition) is 2. The van der Waals surface area contributed by atoms with Gasteiger partial charge in [-0.15, -0.1) is 0 Å². The monoisotopic (exact) mass is 247 g/mol. The van der Waals surface area contributed by atoms with E-state index in [4.69, 9.17) is 5.11 Å². The van der Waals surface area contributed by atoms with Crippen molar-refractivity contribution in [3.63, 3.8) is 0 Å². The fourth-order valence-electron chi connectivity index (χ4n) is 1.43. The highest BCUT2D eigenvalue weighted by Gasteiger charge is 2.09. The second kappa shape index (κ2) is 4.79. The Kier molecular flexibility index (Phi) is 3.18. The first-order valence-corrected chi connectivity index (χ1v) is 5.16. The van der Waals surface area contributed by atoms with Crippen molar-refractivity contribution in [2.75, 3.05) is 5.32 Å². The van der Waals surface area contributed by atoms with E-state index in [2.05, 4.69) is 15.3 Å². The molecule has 0 radical (unpaired) electrons. The molecule has 2 aromatic rings. The summed E-state index contributed by atoms with van der Waals surface area (Å²) < 4.78 is 13.0. The van der Waals surface area contributed by atoms with Crippen molar-refractivity contribution in [2.24, 2.45) is 0 Å². The third-order valence-corrected chi connectivity index (χ3v) is 2.29. The number of nitrogens with zero attached hydrogens (tertiary/aromatic N) is 2. The maximum Gasteiger partial charge on any atom is 0.339 e. The summed E-state index contributed by atoms with van der Waals surface area (Å²) in [6.45, 7) is 1.57. The van der Waals surface area contributed by atoms with Gasteiger partial charge in [-0.3, -0.25) is 0 Å². The van der Waals surface area contributed by atoms with Gasteiger partial charge in [-0.2, -0.15) is 0 Å². The number of carboxylic acid groups (broad SMARTS) is 1. The highest BCUT2D eigenvalue weighted by atomic mass is 19.1. The zero-order chi connectivity index (χ0) is 13.1. The molecule has 0 unspecified atom stereocenters. The molecule has 0 spiro atoms. The van der Waals surface area contributed by atoms with Gasteiger partial charge in [-0.05, 0) is 25.1 Å². The molecule has 0 aliphatic carbocycles. The molecular formula is C12H10FN3O2. The molecule has 92 valence electrons. The fraction of sp³-hybridized carbons (Fsp3) is 0.0833. The van der Waals surface area contributed by atoms with E-state index in [9.17, 15) is 9.18 Å². The average molecular weight is 247 g/mol. The van der Waals surface area contributed by atoms with Crippen LogP contribution in [0.1, 0.15) is 16.1 Å². The third-order valence-electron chi connectivity index (χ3n) is 2.29. The molecule has 0 aliphatic rings. The maximum atomic E-state index is 13.0. The summed E-state index contributed by atoms with van der Waals surface area (Å²) in [5.74, 6) is -1.23. The van der Waals surface area contributed by atoms with E-state index in [0.717, 1.165) is 0 Å². The Morgan fingerprint density at radius 2 is 2.22 bits per heavy atom. The van der Waals surface area contributed by atoms with E-state index >= 15 is 0 Å². The summed E-state index contributed by atoms with van der Waals surface area (Å²) in [5.41, 5.74) is 0.883. The third kappa shape index (κ3) is 2.60. The molecule has 2 rings (SSSR count). The fourth-order valence-corrected chi connectivity index (χ4v) is 1.43. The number of aromatic carboxylic acids is 1. The van der Waals surface area contributed by atoms with Crippen LogP contribution in [0.15, 0.2) is 30.5 Å². The van der Waals surface area contributed by atoms with Gasteiger partial charge in [0.15, 0.2) is 0 Å². The molecular weight excluding hydrogens is 237 g/mol. The van der Waals surface area contributed by atoms with Gasteiger partial charge in [0.1, 0.15) is 5.82 Å². The number of aromatic nitrogens is 2. The molecule has 18 heavy (non-hydrogen) atoms. The molecule has 0 atom stereocenters. The highest BCUT2D eigenvalue weighted by Crippen LogP contribution is 2.15. The number of halogens is 1. The molecule has 1 aromatic heterocycles. The Morgan fingerprint density at radius 1 is 1.44 bits per heavy atom. The summed E-state index contributed by atoms with van der Waals surface area (Å²) in [7, 11) is 0. The van der Waals surface area contributed by atoms with Crippen LogP contribution in [-0.2, 0) is 0 Å². The molecule has 6 heteroatoms. The van der Waals surface area contributed by atoms with Crippen LogP contribution >= 0.6 is 0 Å². The summed E-state index contributed by atoms with van der Waals surface area (Å²) in [6, 6.07) is 5.83. The van der Waals surface area contributed by atoms with E-state index in [-0.39, 0.29) is 17.3 Å². The molecule has 5 nitrogen and oxygen atoms in total. The van der Waals surface area contributed by atoms with E-state index in [0.29, 0.717) is 11.4 Å². The van der Waals surface area contributed by atoms with Gasteiger partial charge in [0, 0.05) is 11.9 Å². The summed E-state index contributed by atoms with van der Waals surface area (Å²) in [4.78, 5) is 18.6. The summed E-state index contributed by atoms with van der Waals surface area (Å²) in [5, 5.41) is 11.6. The lowest BCUT2D eigenvalue weighted by Gasteiger charge is -2.06. The zero-order valence-electron chi connectivity index (χ0n) is 9.51. The minimum atomic E-state index is -1.08. The van der Waals surface area contributed by atoms with Gasteiger partial charge in [-0.1, -0.05) is 6.07 Å². The lowest BCUT2D eigenvalue weighted by atomic mass is 10.2. The van der Waals surface area contributed by atoms with Crippen molar-refractivity contribution in [3.8, 4) is 0 Å². The lowest BCUT2D eigenvalue weighted by molar-refractivity contribution is 0.0695. The maximum absolute atomic E-state index is 13.0. The Labute approximate surface area is 102 Å². The van der Waals surface area contributed by atoms with Crippen LogP contribution in [0.2, 0.25) is 0 Å². The molecule has 2 N–H and O–H groups in total. The zero-order valence-corrected chi connectivity index (χ0v) is 9.51. The molecule has 0 saturated carbocycles. The SMILES string of the molecule is Cc1nc(Nc2cccc(F)c2)ncc1C(=O)O. The van der Waals surface area contributed by atoms with Crippen molar-refractivity contribution in [3.05, 3.63) is 47.5 Å². The van der Waals surface area contributed by atoms with Crippen LogP contribution in [0.4, 0.5) is 16.0 Å². The van der Waals surface area contributed by atoms with Gasteiger partial charge < -0.3 is 10.4 Å². The number of benzene rings is 1. The number of hydrogen-bond acceptors (Lipinski definition) is 4. The van der Waals surface area contributed by atoms with Crippen molar-refractivity contribution < 1.29 is 14.3 Å². The first-order chi connectivity index (χ1) is 8.56. The lowest BCUT2D eigenvalue weighted by Crippen LogP contribution is -2.06. The van der Waals surface area contributed by atoms with Crippen LogP contribution in [0, 0.1) is 12.7 Å².